The normalized spacial score (nSPS) is 16.8. The lowest BCUT2D eigenvalue weighted by molar-refractivity contribution is 0.0797. The van der Waals surface area contributed by atoms with E-state index in [1.54, 1.807) is 16.7 Å². The molecule has 1 aliphatic rings. The molecule has 6 heteroatoms. The van der Waals surface area contributed by atoms with Gasteiger partial charge >= 0.3 is 0 Å². The van der Waals surface area contributed by atoms with Crippen molar-refractivity contribution in [2.45, 2.75) is 0 Å². The van der Waals surface area contributed by atoms with Crippen LogP contribution in [0.3, 0.4) is 0 Å². The predicted molar refractivity (Wildman–Crippen MR) is 44.7 cm³/mol. The average Bonchev–Trinajstić information content (AvgIpc) is 2.77. The van der Waals surface area contributed by atoms with Gasteiger partial charge in [0.05, 0.1) is 12.1 Å². The molecule has 1 amide bonds. The smallest absolute Gasteiger partial charge is 0.276 e. The number of carbonyl (C=O) groups excluding carboxylic acids is 1. The van der Waals surface area contributed by atoms with Crippen molar-refractivity contribution in [3.63, 3.8) is 0 Å². The second-order valence-electron chi connectivity index (χ2n) is 2.46. The number of thioether (sulfide) groups is 1. The van der Waals surface area contributed by atoms with Gasteiger partial charge in [-0.1, -0.05) is 0 Å². The van der Waals surface area contributed by atoms with E-state index in [4.69, 9.17) is 0 Å². The summed E-state index contributed by atoms with van der Waals surface area (Å²) in [5, 5.41) is 9.73. The quantitative estimate of drug-likeness (QED) is 0.664. The molecule has 0 aromatic carbocycles. The first kappa shape index (κ1) is 7.60. The van der Waals surface area contributed by atoms with Crippen LogP contribution in [0.25, 0.3) is 0 Å². The monoisotopic (exact) mass is 184 g/mol. The molecule has 0 saturated carbocycles. The van der Waals surface area contributed by atoms with E-state index < -0.39 is 0 Å². The van der Waals surface area contributed by atoms with E-state index in [1.165, 1.54) is 6.20 Å². The molecule has 0 radical (unpaired) electrons. The molecule has 0 atom stereocenters. The molecule has 1 N–H and O–H groups in total. The predicted octanol–water partition coefficient (Wildman–Crippen LogP) is -0.0488. The van der Waals surface area contributed by atoms with Gasteiger partial charge in [0.1, 0.15) is 0 Å². The number of hydrogen-bond acceptors (Lipinski definition) is 4. The van der Waals surface area contributed by atoms with Crippen LogP contribution in [0.2, 0.25) is 0 Å². The number of hydrogen-bond donors (Lipinski definition) is 1. The molecule has 1 fully saturated rings. The highest BCUT2D eigenvalue weighted by Gasteiger charge is 2.21. The minimum Gasteiger partial charge on any atom is -0.327 e. The maximum absolute atomic E-state index is 11.5. The van der Waals surface area contributed by atoms with Gasteiger partial charge in [-0.25, -0.2) is 0 Å². The van der Waals surface area contributed by atoms with Gasteiger partial charge in [0.25, 0.3) is 5.91 Å². The number of amides is 1. The van der Waals surface area contributed by atoms with Gasteiger partial charge < -0.3 is 4.90 Å². The van der Waals surface area contributed by atoms with Crippen molar-refractivity contribution in [3.05, 3.63) is 11.9 Å². The Kier molecular flexibility index (Phi) is 1.99. The van der Waals surface area contributed by atoms with Crippen molar-refractivity contribution < 1.29 is 4.79 Å². The van der Waals surface area contributed by atoms with Crippen molar-refractivity contribution in [1.29, 1.82) is 0 Å². The summed E-state index contributed by atoms with van der Waals surface area (Å²) in [5.41, 5.74) is 0.400. The second kappa shape index (κ2) is 3.14. The summed E-state index contributed by atoms with van der Waals surface area (Å²) >= 11 is 1.75. The molecule has 1 aromatic heterocycles. The van der Waals surface area contributed by atoms with E-state index in [1.807, 2.05) is 0 Å². The lowest BCUT2D eigenvalue weighted by Crippen LogP contribution is -2.28. The number of aromatic nitrogens is 3. The third-order valence-corrected chi connectivity index (χ3v) is 2.64. The van der Waals surface area contributed by atoms with Crippen LogP contribution >= 0.6 is 11.8 Å². The van der Waals surface area contributed by atoms with Crippen LogP contribution in [0.1, 0.15) is 10.5 Å². The molecular weight excluding hydrogens is 176 g/mol. The molecule has 0 unspecified atom stereocenters. The van der Waals surface area contributed by atoms with Crippen molar-refractivity contribution in [2.75, 3.05) is 18.2 Å². The van der Waals surface area contributed by atoms with E-state index in [9.17, 15) is 4.79 Å². The average molecular weight is 184 g/mol. The number of rotatable bonds is 1. The molecule has 0 bridgehead atoms. The van der Waals surface area contributed by atoms with E-state index in [2.05, 4.69) is 15.4 Å². The fourth-order valence-corrected chi connectivity index (χ4v) is 1.99. The summed E-state index contributed by atoms with van der Waals surface area (Å²) in [5.74, 6) is 1.75. The van der Waals surface area contributed by atoms with Crippen LogP contribution in [0, 0.1) is 0 Å². The fraction of sp³-hybridized carbons (Fsp3) is 0.500. The van der Waals surface area contributed by atoms with Crippen LogP contribution in [0.4, 0.5) is 0 Å². The van der Waals surface area contributed by atoms with Crippen LogP contribution in [-0.2, 0) is 0 Å². The molecule has 0 aliphatic carbocycles. The maximum Gasteiger partial charge on any atom is 0.276 e. The molecule has 1 saturated heterocycles. The highest BCUT2D eigenvalue weighted by molar-refractivity contribution is 7.99. The summed E-state index contributed by atoms with van der Waals surface area (Å²) in [6, 6.07) is 0. The zero-order chi connectivity index (χ0) is 8.39. The molecule has 0 spiro atoms. The Morgan fingerprint density at radius 2 is 2.67 bits per heavy atom. The summed E-state index contributed by atoms with van der Waals surface area (Å²) in [6.07, 6.45) is 1.45. The Hall–Kier alpha value is -1.04. The fourth-order valence-electron chi connectivity index (χ4n) is 1.04. The molecule has 12 heavy (non-hydrogen) atoms. The van der Waals surface area contributed by atoms with E-state index in [0.29, 0.717) is 5.69 Å². The van der Waals surface area contributed by atoms with E-state index in [-0.39, 0.29) is 5.91 Å². The summed E-state index contributed by atoms with van der Waals surface area (Å²) in [4.78, 5) is 13.3. The number of nitrogens with zero attached hydrogens (tertiary/aromatic N) is 3. The summed E-state index contributed by atoms with van der Waals surface area (Å²) < 4.78 is 0. The number of carbonyl (C=O) groups is 1. The maximum atomic E-state index is 11.5. The Morgan fingerprint density at radius 3 is 3.25 bits per heavy atom. The van der Waals surface area contributed by atoms with Gasteiger partial charge in [0.2, 0.25) is 0 Å². The summed E-state index contributed by atoms with van der Waals surface area (Å²) in [6.45, 7) is 0.816. The molecular formula is C6H8N4OS. The van der Waals surface area contributed by atoms with Gasteiger partial charge in [-0.15, -0.1) is 11.8 Å². The van der Waals surface area contributed by atoms with Crippen LogP contribution in [0.5, 0.6) is 0 Å². The first-order chi connectivity index (χ1) is 5.88. The first-order valence-corrected chi connectivity index (χ1v) is 4.76. The molecule has 2 heterocycles. The van der Waals surface area contributed by atoms with Crippen molar-refractivity contribution in [3.8, 4) is 0 Å². The van der Waals surface area contributed by atoms with Gasteiger partial charge in [-0.05, 0) is 0 Å². The number of nitrogens with one attached hydrogen (secondary N) is 1. The van der Waals surface area contributed by atoms with Gasteiger partial charge in [-0.3, -0.25) is 4.79 Å². The van der Waals surface area contributed by atoms with E-state index >= 15 is 0 Å². The largest absolute Gasteiger partial charge is 0.327 e. The van der Waals surface area contributed by atoms with Crippen molar-refractivity contribution >= 4 is 17.7 Å². The number of aromatic amines is 1. The Morgan fingerprint density at radius 1 is 1.75 bits per heavy atom. The molecule has 64 valence electrons. The van der Waals surface area contributed by atoms with Gasteiger partial charge in [-0.2, -0.15) is 15.4 Å². The SMILES string of the molecule is O=C(c1cn[nH]n1)N1CCSC1. The number of H-pyrrole nitrogens is 1. The highest BCUT2D eigenvalue weighted by Crippen LogP contribution is 2.14. The molecule has 1 aliphatic heterocycles. The molecule has 1 aromatic rings. The van der Waals surface area contributed by atoms with Gasteiger partial charge in [0, 0.05) is 12.3 Å². The zero-order valence-electron chi connectivity index (χ0n) is 6.36. The van der Waals surface area contributed by atoms with Crippen LogP contribution < -0.4 is 0 Å². The zero-order valence-corrected chi connectivity index (χ0v) is 7.17. The standard InChI is InChI=1S/C6H8N4OS/c11-6(5-3-7-9-8-5)10-1-2-12-4-10/h3H,1-2,4H2,(H,7,8,9). The highest BCUT2D eigenvalue weighted by atomic mass is 32.2. The first-order valence-electron chi connectivity index (χ1n) is 3.61. The molecule has 2 rings (SSSR count). The summed E-state index contributed by atoms with van der Waals surface area (Å²) in [7, 11) is 0. The third-order valence-electron chi connectivity index (χ3n) is 1.67. The Balaban J connectivity index is 2.09. The van der Waals surface area contributed by atoms with Crippen molar-refractivity contribution in [1.82, 2.24) is 20.3 Å². The lowest BCUT2D eigenvalue weighted by atomic mass is 10.4. The minimum absolute atomic E-state index is 0.0336. The van der Waals surface area contributed by atoms with Crippen molar-refractivity contribution in [2.24, 2.45) is 0 Å². The lowest BCUT2D eigenvalue weighted by Gasteiger charge is -2.11. The van der Waals surface area contributed by atoms with Crippen LogP contribution in [-0.4, -0.2) is 44.4 Å². The Bertz CT molecular complexity index is 267. The second-order valence-corrected chi connectivity index (χ2v) is 3.54. The third kappa shape index (κ3) is 1.29. The Labute approximate surface area is 73.5 Å². The minimum atomic E-state index is -0.0336. The van der Waals surface area contributed by atoms with Gasteiger partial charge in [0.15, 0.2) is 5.69 Å². The molecule has 5 nitrogen and oxygen atoms in total. The topological polar surface area (TPSA) is 61.9 Å². The van der Waals surface area contributed by atoms with E-state index in [0.717, 1.165) is 18.2 Å². The van der Waals surface area contributed by atoms with Crippen LogP contribution in [0.15, 0.2) is 6.20 Å².